The maximum Gasteiger partial charge on any atom is 0.270 e. The topological polar surface area (TPSA) is 112 Å². The summed E-state index contributed by atoms with van der Waals surface area (Å²) >= 11 is 0. The Morgan fingerprint density at radius 3 is 2.81 bits per heavy atom. The first-order valence-electron chi connectivity index (χ1n) is 8.05. The summed E-state index contributed by atoms with van der Waals surface area (Å²) < 4.78 is 7.23. The van der Waals surface area contributed by atoms with Crippen LogP contribution in [0.3, 0.4) is 0 Å². The van der Waals surface area contributed by atoms with Crippen molar-refractivity contribution in [3.63, 3.8) is 0 Å². The van der Waals surface area contributed by atoms with Crippen LogP contribution in [0.1, 0.15) is 23.1 Å². The van der Waals surface area contributed by atoms with E-state index < -0.39 is 17.9 Å². The Morgan fingerprint density at radius 2 is 2.12 bits per heavy atom. The van der Waals surface area contributed by atoms with Gasteiger partial charge < -0.3 is 15.8 Å². The molecule has 0 saturated carbocycles. The lowest BCUT2D eigenvalue weighted by Crippen LogP contribution is -2.42. The van der Waals surface area contributed by atoms with E-state index in [2.05, 4.69) is 15.4 Å². The number of nitrogens with zero attached hydrogens (tertiary/aromatic N) is 3. The van der Waals surface area contributed by atoms with Crippen molar-refractivity contribution in [2.75, 3.05) is 0 Å². The summed E-state index contributed by atoms with van der Waals surface area (Å²) in [5, 5.41) is 7.51. The number of aryl methyl sites for hydroxylation is 1. The first kappa shape index (κ1) is 17.4. The minimum absolute atomic E-state index is 0.312. The van der Waals surface area contributed by atoms with E-state index in [1.165, 1.54) is 11.6 Å². The average molecular weight is 353 g/mol. The van der Waals surface area contributed by atoms with Crippen LogP contribution in [0.5, 0.6) is 5.75 Å². The molecule has 0 aliphatic heterocycles. The summed E-state index contributed by atoms with van der Waals surface area (Å²) in [6, 6.07) is 10.1. The molecule has 0 aliphatic rings. The highest BCUT2D eigenvalue weighted by molar-refractivity contribution is 6.06. The number of ether oxygens (including phenoxy) is 1. The lowest BCUT2D eigenvalue weighted by atomic mass is 10.2. The molecule has 3 aromatic rings. The zero-order valence-corrected chi connectivity index (χ0v) is 14.5. The van der Waals surface area contributed by atoms with Crippen molar-refractivity contribution >= 4 is 22.7 Å². The second-order valence-corrected chi connectivity index (χ2v) is 5.86. The van der Waals surface area contributed by atoms with E-state index in [0.717, 1.165) is 5.69 Å². The van der Waals surface area contributed by atoms with Gasteiger partial charge in [0.25, 0.3) is 5.91 Å². The van der Waals surface area contributed by atoms with Crippen LogP contribution in [0.2, 0.25) is 0 Å². The maximum atomic E-state index is 12.5. The van der Waals surface area contributed by atoms with Crippen LogP contribution in [-0.2, 0) is 18.4 Å². The average Bonchev–Trinajstić information content (AvgIpc) is 2.95. The zero-order valence-electron chi connectivity index (χ0n) is 14.5. The van der Waals surface area contributed by atoms with Crippen LogP contribution in [0, 0.1) is 0 Å². The molecule has 8 nitrogen and oxygen atoms in total. The van der Waals surface area contributed by atoms with Gasteiger partial charge in [-0.05, 0) is 37.3 Å². The zero-order chi connectivity index (χ0) is 18.7. The van der Waals surface area contributed by atoms with E-state index in [1.807, 2.05) is 18.2 Å². The molecule has 0 fully saturated rings. The first-order valence-corrected chi connectivity index (χ1v) is 8.05. The molecule has 0 radical (unpaired) electrons. The summed E-state index contributed by atoms with van der Waals surface area (Å²) in [4.78, 5) is 27.9. The summed E-state index contributed by atoms with van der Waals surface area (Å²) in [5.74, 6) is -0.444. The molecule has 1 aromatic carbocycles. The number of nitrogens with two attached hydrogens (primary N) is 1. The highest BCUT2D eigenvalue weighted by Gasteiger charge is 2.20. The van der Waals surface area contributed by atoms with Gasteiger partial charge in [0.15, 0.2) is 0 Å². The molecule has 0 bridgehead atoms. The lowest BCUT2D eigenvalue weighted by molar-refractivity contribution is -0.119. The van der Waals surface area contributed by atoms with Crippen molar-refractivity contribution in [3.8, 4) is 5.75 Å². The van der Waals surface area contributed by atoms with Gasteiger partial charge in [-0.15, -0.1) is 0 Å². The normalized spacial score (nSPS) is 11.9. The van der Waals surface area contributed by atoms with E-state index in [4.69, 9.17) is 10.5 Å². The molecule has 8 heteroatoms. The van der Waals surface area contributed by atoms with Crippen LogP contribution < -0.4 is 15.8 Å². The standard InChI is InChI=1S/C18H19N5O3/c1-11(17(19)24)21-18(25)16-14-9-13(6-7-15(14)22-23(16)2)26-10-12-5-3-4-8-20-12/h3-9,11H,10H2,1-2H3,(H2,19,24)(H,21,25)/t11-/m1/s1. The number of pyridine rings is 1. The van der Waals surface area contributed by atoms with Crippen molar-refractivity contribution < 1.29 is 14.3 Å². The molecule has 0 aliphatic carbocycles. The number of carbonyl (C=O) groups is 2. The third kappa shape index (κ3) is 3.64. The Balaban J connectivity index is 1.86. The number of benzene rings is 1. The third-order valence-electron chi connectivity index (χ3n) is 3.91. The highest BCUT2D eigenvalue weighted by Crippen LogP contribution is 2.24. The van der Waals surface area contributed by atoms with E-state index >= 15 is 0 Å². The van der Waals surface area contributed by atoms with Crippen LogP contribution in [0.4, 0.5) is 0 Å². The molecule has 3 N–H and O–H groups in total. The van der Waals surface area contributed by atoms with Crippen LogP contribution in [-0.4, -0.2) is 32.6 Å². The molecular formula is C18H19N5O3. The Bertz CT molecular complexity index is 952. The minimum Gasteiger partial charge on any atom is -0.487 e. The number of hydrogen-bond donors (Lipinski definition) is 2. The quantitative estimate of drug-likeness (QED) is 0.690. The Morgan fingerprint density at radius 1 is 1.31 bits per heavy atom. The van der Waals surface area contributed by atoms with Crippen molar-refractivity contribution in [3.05, 3.63) is 54.0 Å². The van der Waals surface area contributed by atoms with Gasteiger partial charge in [-0.3, -0.25) is 19.3 Å². The van der Waals surface area contributed by atoms with Crippen molar-refractivity contribution in [1.82, 2.24) is 20.1 Å². The van der Waals surface area contributed by atoms with Gasteiger partial charge in [0.2, 0.25) is 5.91 Å². The Labute approximate surface area is 150 Å². The number of carbonyl (C=O) groups excluding carboxylic acids is 2. The van der Waals surface area contributed by atoms with E-state index in [0.29, 0.717) is 29.0 Å². The molecule has 134 valence electrons. The number of hydrogen-bond acceptors (Lipinski definition) is 5. The molecule has 2 amide bonds. The van der Waals surface area contributed by atoms with Crippen LogP contribution in [0.25, 0.3) is 10.9 Å². The molecule has 0 saturated heterocycles. The van der Waals surface area contributed by atoms with Gasteiger partial charge in [0.05, 0.1) is 11.2 Å². The molecule has 2 heterocycles. The van der Waals surface area contributed by atoms with Crippen LogP contribution >= 0.6 is 0 Å². The summed E-state index contributed by atoms with van der Waals surface area (Å²) in [5.41, 5.74) is 6.98. The van der Waals surface area contributed by atoms with Gasteiger partial charge in [-0.25, -0.2) is 0 Å². The van der Waals surface area contributed by atoms with Crippen molar-refractivity contribution in [1.29, 1.82) is 0 Å². The molecule has 3 rings (SSSR count). The van der Waals surface area contributed by atoms with Gasteiger partial charge >= 0.3 is 0 Å². The van der Waals surface area contributed by atoms with Gasteiger partial charge in [-0.2, -0.15) is 5.10 Å². The van der Waals surface area contributed by atoms with E-state index in [-0.39, 0.29) is 0 Å². The predicted octanol–water partition coefficient (Wildman–Crippen LogP) is 1.15. The molecule has 0 unspecified atom stereocenters. The minimum atomic E-state index is -0.781. The molecule has 26 heavy (non-hydrogen) atoms. The third-order valence-corrected chi connectivity index (χ3v) is 3.91. The monoisotopic (exact) mass is 353 g/mol. The number of fused-ring (bicyclic) bond motifs is 1. The summed E-state index contributed by atoms with van der Waals surface area (Å²) in [6.07, 6.45) is 1.70. The van der Waals surface area contributed by atoms with Gasteiger partial charge in [0.1, 0.15) is 24.1 Å². The van der Waals surface area contributed by atoms with E-state index in [9.17, 15) is 9.59 Å². The number of aromatic nitrogens is 3. The fourth-order valence-electron chi connectivity index (χ4n) is 2.51. The number of primary amides is 1. The fourth-order valence-corrected chi connectivity index (χ4v) is 2.51. The fraction of sp³-hybridized carbons (Fsp3) is 0.222. The smallest absolute Gasteiger partial charge is 0.270 e. The van der Waals surface area contributed by atoms with Crippen molar-refractivity contribution in [2.45, 2.75) is 19.6 Å². The SMILES string of the molecule is C[C@@H](NC(=O)c1c2cc(OCc3ccccn3)ccc2nn1C)C(N)=O. The number of rotatable bonds is 6. The number of nitrogens with one attached hydrogen (secondary N) is 1. The lowest BCUT2D eigenvalue weighted by Gasteiger charge is -2.10. The maximum absolute atomic E-state index is 12.5. The Hall–Kier alpha value is -3.42. The second kappa shape index (κ2) is 7.22. The predicted molar refractivity (Wildman–Crippen MR) is 95.4 cm³/mol. The van der Waals surface area contributed by atoms with Gasteiger partial charge in [-0.1, -0.05) is 6.07 Å². The van der Waals surface area contributed by atoms with Crippen molar-refractivity contribution in [2.24, 2.45) is 12.8 Å². The molecule has 0 spiro atoms. The second-order valence-electron chi connectivity index (χ2n) is 5.86. The molecule has 1 atom stereocenters. The largest absolute Gasteiger partial charge is 0.487 e. The molecular weight excluding hydrogens is 334 g/mol. The van der Waals surface area contributed by atoms with Gasteiger partial charge in [0, 0.05) is 18.6 Å². The number of amides is 2. The van der Waals surface area contributed by atoms with E-state index in [1.54, 1.807) is 31.4 Å². The molecule has 2 aromatic heterocycles. The first-order chi connectivity index (χ1) is 12.5. The Kier molecular flexibility index (Phi) is 4.83. The summed E-state index contributed by atoms with van der Waals surface area (Å²) in [7, 11) is 1.66. The summed E-state index contributed by atoms with van der Waals surface area (Å²) in [6.45, 7) is 1.84. The highest BCUT2D eigenvalue weighted by atomic mass is 16.5. The van der Waals surface area contributed by atoms with Crippen LogP contribution in [0.15, 0.2) is 42.6 Å².